The number of hydrogen-bond acceptors (Lipinski definition) is 5. The van der Waals surface area contributed by atoms with Crippen LogP contribution in [0.3, 0.4) is 0 Å². The molecule has 0 saturated carbocycles. The number of nitrogens with zero attached hydrogens (tertiary/aromatic N) is 1. The van der Waals surface area contributed by atoms with E-state index < -0.39 is 11.0 Å². The molecule has 0 heterocycles. The van der Waals surface area contributed by atoms with Crippen molar-refractivity contribution in [2.24, 2.45) is 0 Å². The highest BCUT2D eigenvalue weighted by molar-refractivity contribution is 6.32. The Hall–Kier alpha value is -2.60. The number of halogens is 1. The molecule has 6 nitrogen and oxygen atoms in total. The molecule has 0 fully saturated rings. The van der Waals surface area contributed by atoms with Crippen LogP contribution in [0.4, 0.5) is 5.69 Å². The quantitative estimate of drug-likeness (QED) is 0.454. The summed E-state index contributed by atoms with van der Waals surface area (Å²) in [4.78, 5) is 22.4. The number of non-ortho nitro benzene ring substituents is 1. The molecule has 23 heavy (non-hydrogen) atoms. The second-order valence-electron chi connectivity index (χ2n) is 4.72. The normalized spacial score (nSPS) is 11.6. The fourth-order valence-electron chi connectivity index (χ4n) is 1.93. The number of ether oxygens (including phenoxy) is 2. The summed E-state index contributed by atoms with van der Waals surface area (Å²) in [5.41, 5.74) is 0.327. The number of benzene rings is 2. The predicted octanol–water partition coefficient (Wildman–Crippen LogP) is 3.91. The molecular weight excluding hydrogens is 322 g/mol. The Balaban J connectivity index is 2.12. The van der Waals surface area contributed by atoms with Crippen molar-refractivity contribution in [1.82, 2.24) is 0 Å². The van der Waals surface area contributed by atoms with Gasteiger partial charge in [0.05, 0.1) is 17.1 Å². The van der Waals surface area contributed by atoms with Gasteiger partial charge in [-0.2, -0.15) is 0 Å². The third kappa shape index (κ3) is 3.98. The molecule has 7 heteroatoms. The summed E-state index contributed by atoms with van der Waals surface area (Å²) < 4.78 is 10.6. The van der Waals surface area contributed by atoms with Crippen LogP contribution in [0, 0.1) is 10.1 Å². The van der Waals surface area contributed by atoms with Gasteiger partial charge in [-0.1, -0.05) is 11.6 Å². The van der Waals surface area contributed by atoms with Crippen molar-refractivity contribution in [3.8, 4) is 11.5 Å². The highest BCUT2D eigenvalue weighted by Gasteiger charge is 2.19. The molecule has 0 N–H and O–H groups in total. The van der Waals surface area contributed by atoms with Crippen molar-refractivity contribution >= 4 is 23.1 Å². The van der Waals surface area contributed by atoms with Crippen LogP contribution < -0.4 is 9.47 Å². The van der Waals surface area contributed by atoms with Crippen LogP contribution in [-0.4, -0.2) is 23.9 Å². The smallest absolute Gasteiger partial charge is 0.271 e. The monoisotopic (exact) mass is 335 g/mol. The molecular formula is C16H14ClNO5. The Morgan fingerprint density at radius 1 is 1.22 bits per heavy atom. The molecule has 0 aliphatic heterocycles. The number of carbonyl (C=O) groups excluding carboxylic acids is 1. The van der Waals surface area contributed by atoms with Gasteiger partial charge >= 0.3 is 0 Å². The molecule has 2 aromatic carbocycles. The van der Waals surface area contributed by atoms with Crippen molar-refractivity contribution in [3.63, 3.8) is 0 Å². The van der Waals surface area contributed by atoms with E-state index in [1.807, 2.05) is 0 Å². The van der Waals surface area contributed by atoms with Crippen molar-refractivity contribution in [2.45, 2.75) is 13.0 Å². The van der Waals surface area contributed by atoms with Crippen molar-refractivity contribution in [3.05, 3.63) is 63.2 Å². The first-order valence-electron chi connectivity index (χ1n) is 6.71. The van der Waals surface area contributed by atoms with Crippen LogP contribution in [0.5, 0.6) is 11.5 Å². The van der Waals surface area contributed by atoms with Crippen molar-refractivity contribution < 1.29 is 19.2 Å². The maximum absolute atomic E-state index is 12.3. The Morgan fingerprint density at radius 3 is 2.39 bits per heavy atom. The number of nitro benzene ring substituents is 1. The number of carbonyl (C=O) groups is 1. The van der Waals surface area contributed by atoms with Crippen molar-refractivity contribution in [2.75, 3.05) is 7.11 Å². The van der Waals surface area contributed by atoms with Gasteiger partial charge in [0.2, 0.25) is 5.78 Å². The lowest BCUT2D eigenvalue weighted by Gasteiger charge is -2.15. The lowest BCUT2D eigenvalue weighted by atomic mass is 10.1. The molecule has 2 aromatic rings. The highest BCUT2D eigenvalue weighted by atomic mass is 35.5. The Kier molecular flexibility index (Phi) is 5.18. The van der Waals surface area contributed by atoms with Gasteiger partial charge in [0.15, 0.2) is 6.10 Å². The second-order valence-corrected chi connectivity index (χ2v) is 5.13. The fourth-order valence-corrected chi connectivity index (χ4v) is 2.15. The summed E-state index contributed by atoms with van der Waals surface area (Å²) in [6.45, 7) is 1.59. The third-order valence-electron chi connectivity index (χ3n) is 3.17. The van der Waals surface area contributed by atoms with E-state index in [4.69, 9.17) is 21.1 Å². The van der Waals surface area contributed by atoms with Gasteiger partial charge in [-0.05, 0) is 37.3 Å². The molecule has 1 unspecified atom stereocenters. The minimum Gasteiger partial charge on any atom is -0.497 e. The standard InChI is InChI=1S/C16H14ClNO5/c1-10(16(19)11-3-6-13(22-2)7-4-11)23-15-8-5-12(18(20)21)9-14(15)17/h3-10H,1-2H3. The predicted molar refractivity (Wildman–Crippen MR) is 85.5 cm³/mol. The van der Waals surface area contributed by atoms with Gasteiger partial charge in [-0.25, -0.2) is 0 Å². The zero-order chi connectivity index (χ0) is 17.0. The minimum absolute atomic E-state index is 0.0774. The average molecular weight is 336 g/mol. The maximum atomic E-state index is 12.3. The maximum Gasteiger partial charge on any atom is 0.271 e. The Morgan fingerprint density at radius 2 is 1.87 bits per heavy atom. The number of rotatable bonds is 6. The third-order valence-corrected chi connectivity index (χ3v) is 3.47. The molecule has 0 radical (unpaired) electrons. The molecule has 0 aliphatic carbocycles. The number of hydrogen-bond donors (Lipinski definition) is 0. The zero-order valence-corrected chi connectivity index (χ0v) is 13.2. The summed E-state index contributed by atoms with van der Waals surface area (Å²) in [6.07, 6.45) is -0.789. The average Bonchev–Trinajstić information content (AvgIpc) is 2.55. The van der Waals surface area contributed by atoms with E-state index in [0.717, 1.165) is 0 Å². The molecule has 2 rings (SSSR count). The van der Waals surface area contributed by atoms with Gasteiger partial charge in [0.1, 0.15) is 11.5 Å². The zero-order valence-electron chi connectivity index (χ0n) is 12.5. The largest absolute Gasteiger partial charge is 0.497 e. The van der Waals surface area contributed by atoms with E-state index in [1.54, 1.807) is 38.3 Å². The lowest BCUT2D eigenvalue weighted by Crippen LogP contribution is -2.24. The number of Topliss-reactive ketones (excluding diaryl/α,β-unsaturated/α-hetero) is 1. The van der Waals surface area contributed by atoms with Gasteiger partial charge < -0.3 is 9.47 Å². The molecule has 120 valence electrons. The van der Waals surface area contributed by atoms with Crippen LogP contribution in [0.15, 0.2) is 42.5 Å². The van der Waals surface area contributed by atoms with Gasteiger partial charge in [0, 0.05) is 17.7 Å². The molecule has 0 aromatic heterocycles. The van der Waals surface area contributed by atoms with E-state index in [0.29, 0.717) is 11.3 Å². The lowest BCUT2D eigenvalue weighted by molar-refractivity contribution is -0.384. The minimum atomic E-state index is -0.789. The van der Waals surface area contributed by atoms with E-state index in [2.05, 4.69) is 0 Å². The van der Waals surface area contributed by atoms with Crippen LogP contribution >= 0.6 is 11.6 Å². The second kappa shape index (κ2) is 7.11. The highest BCUT2D eigenvalue weighted by Crippen LogP contribution is 2.29. The SMILES string of the molecule is COc1ccc(C(=O)C(C)Oc2ccc([N+](=O)[O-])cc2Cl)cc1. The van der Waals surface area contributed by atoms with Gasteiger partial charge in [0.25, 0.3) is 5.69 Å². The first-order chi connectivity index (χ1) is 10.9. The summed E-state index contributed by atoms with van der Waals surface area (Å²) in [6, 6.07) is 10.5. The van der Waals surface area contributed by atoms with Crippen LogP contribution in [0.1, 0.15) is 17.3 Å². The molecule has 0 amide bonds. The van der Waals surface area contributed by atoms with Crippen LogP contribution in [-0.2, 0) is 0 Å². The Bertz CT molecular complexity index is 730. The van der Waals surface area contributed by atoms with Crippen molar-refractivity contribution in [1.29, 1.82) is 0 Å². The number of methoxy groups -OCH3 is 1. The summed E-state index contributed by atoms with van der Waals surface area (Å²) in [5, 5.41) is 10.8. The molecule has 0 spiro atoms. The van der Waals surface area contributed by atoms with Gasteiger partial charge in [-0.3, -0.25) is 14.9 Å². The molecule has 0 saturated heterocycles. The summed E-state index contributed by atoms with van der Waals surface area (Å²) in [5.74, 6) is 0.627. The van der Waals surface area contributed by atoms with Crippen LogP contribution in [0.25, 0.3) is 0 Å². The van der Waals surface area contributed by atoms with E-state index in [9.17, 15) is 14.9 Å². The van der Waals surface area contributed by atoms with Gasteiger partial charge in [-0.15, -0.1) is 0 Å². The van der Waals surface area contributed by atoms with Crippen LogP contribution in [0.2, 0.25) is 5.02 Å². The number of ketones is 1. The summed E-state index contributed by atoms with van der Waals surface area (Å²) >= 11 is 5.95. The Labute approximate surface area is 137 Å². The topological polar surface area (TPSA) is 78.7 Å². The van der Waals surface area contributed by atoms with E-state index >= 15 is 0 Å². The fraction of sp³-hybridized carbons (Fsp3) is 0.188. The van der Waals surface area contributed by atoms with E-state index in [-0.39, 0.29) is 22.2 Å². The summed E-state index contributed by atoms with van der Waals surface area (Å²) in [7, 11) is 1.54. The molecule has 0 bridgehead atoms. The first kappa shape index (κ1) is 16.8. The number of nitro groups is 1. The van der Waals surface area contributed by atoms with E-state index in [1.165, 1.54) is 18.2 Å². The first-order valence-corrected chi connectivity index (χ1v) is 7.09. The molecule has 1 atom stereocenters. The molecule has 0 aliphatic rings.